The Bertz CT molecular complexity index is 223. The van der Waals surface area contributed by atoms with E-state index in [1.54, 1.807) is 0 Å². The van der Waals surface area contributed by atoms with Crippen LogP contribution in [-0.4, -0.2) is 18.5 Å². The summed E-state index contributed by atoms with van der Waals surface area (Å²) in [5.41, 5.74) is 0.401. The second-order valence-corrected chi connectivity index (χ2v) is 6.65. The Labute approximate surface area is 112 Å². The summed E-state index contributed by atoms with van der Waals surface area (Å²) >= 11 is 4.59. The van der Waals surface area contributed by atoms with E-state index in [1.807, 2.05) is 0 Å². The van der Waals surface area contributed by atoms with E-state index in [-0.39, 0.29) is 0 Å². The van der Waals surface area contributed by atoms with E-state index in [4.69, 9.17) is 4.74 Å². The van der Waals surface area contributed by atoms with Crippen molar-refractivity contribution in [1.82, 2.24) is 0 Å². The first-order valence-electron chi connectivity index (χ1n) is 7.48. The highest BCUT2D eigenvalue weighted by Gasteiger charge is 2.33. The molecule has 2 unspecified atom stereocenters. The second kappa shape index (κ2) is 6.47. The van der Waals surface area contributed by atoms with Crippen LogP contribution in [0.2, 0.25) is 0 Å². The molecule has 1 nitrogen and oxygen atoms in total. The number of rotatable bonds is 4. The molecule has 0 spiro atoms. The molecule has 0 heterocycles. The lowest BCUT2D eigenvalue weighted by Gasteiger charge is -2.38. The van der Waals surface area contributed by atoms with Crippen LogP contribution in [0.3, 0.4) is 0 Å². The predicted molar refractivity (Wildman–Crippen MR) is 76.7 cm³/mol. The van der Waals surface area contributed by atoms with E-state index in [0.717, 1.165) is 18.3 Å². The van der Waals surface area contributed by atoms with Gasteiger partial charge in [-0.05, 0) is 37.4 Å². The molecule has 17 heavy (non-hydrogen) atoms. The minimum Gasteiger partial charge on any atom is -0.377 e. The molecule has 0 radical (unpaired) electrons. The molecule has 0 aromatic rings. The van der Waals surface area contributed by atoms with Gasteiger partial charge in [0.2, 0.25) is 0 Å². The van der Waals surface area contributed by atoms with Crippen molar-refractivity contribution in [3.63, 3.8) is 0 Å². The maximum atomic E-state index is 6.28. The maximum Gasteiger partial charge on any atom is 0.0600 e. The van der Waals surface area contributed by atoms with Crippen molar-refractivity contribution in [1.29, 1.82) is 0 Å². The topological polar surface area (TPSA) is 9.23 Å². The van der Waals surface area contributed by atoms with Gasteiger partial charge < -0.3 is 4.74 Å². The molecular weight excluding hydrogens is 228 g/mol. The SMILES string of the molecule is CC1CCCCC1OCC1(CS)CCCCC1. The molecule has 2 heteroatoms. The Morgan fingerprint density at radius 1 is 1.06 bits per heavy atom. The van der Waals surface area contributed by atoms with Gasteiger partial charge in [0.25, 0.3) is 0 Å². The monoisotopic (exact) mass is 256 g/mol. The van der Waals surface area contributed by atoms with Crippen molar-refractivity contribution >= 4 is 12.6 Å². The van der Waals surface area contributed by atoms with Crippen LogP contribution in [0.25, 0.3) is 0 Å². The van der Waals surface area contributed by atoms with Crippen LogP contribution in [0.4, 0.5) is 0 Å². The molecule has 0 amide bonds. The standard InChI is InChI=1S/C15H28OS/c1-13-7-3-4-8-14(13)16-11-15(12-17)9-5-2-6-10-15/h13-14,17H,2-12H2,1H3. The van der Waals surface area contributed by atoms with Gasteiger partial charge in [0, 0.05) is 5.41 Å². The highest BCUT2D eigenvalue weighted by atomic mass is 32.1. The first-order valence-corrected chi connectivity index (χ1v) is 8.11. The van der Waals surface area contributed by atoms with Gasteiger partial charge in [-0.25, -0.2) is 0 Å². The van der Waals surface area contributed by atoms with Crippen LogP contribution in [0.15, 0.2) is 0 Å². The molecule has 2 aliphatic carbocycles. The molecule has 0 aromatic heterocycles. The predicted octanol–water partition coefficient (Wildman–Crippen LogP) is 4.46. The first-order chi connectivity index (χ1) is 8.26. The maximum absolute atomic E-state index is 6.28. The van der Waals surface area contributed by atoms with E-state index < -0.39 is 0 Å². The fourth-order valence-electron chi connectivity index (χ4n) is 3.46. The van der Waals surface area contributed by atoms with Gasteiger partial charge in [0.05, 0.1) is 12.7 Å². The molecule has 2 atom stereocenters. The summed E-state index contributed by atoms with van der Waals surface area (Å²) in [6, 6.07) is 0. The van der Waals surface area contributed by atoms with Crippen LogP contribution in [0.5, 0.6) is 0 Å². The minimum atomic E-state index is 0.401. The highest BCUT2D eigenvalue weighted by molar-refractivity contribution is 7.80. The quantitative estimate of drug-likeness (QED) is 0.731. The van der Waals surface area contributed by atoms with Crippen LogP contribution in [0.1, 0.15) is 64.7 Å². The summed E-state index contributed by atoms with van der Waals surface area (Å²) < 4.78 is 6.28. The van der Waals surface area contributed by atoms with Crippen LogP contribution >= 0.6 is 12.6 Å². The van der Waals surface area contributed by atoms with Crippen LogP contribution < -0.4 is 0 Å². The number of hydrogen-bond donors (Lipinski definition) is 1. The van der Waals surface area contributed by atoms with E-state index >= 15 is 0 Å². The molecule has 2 rings (SSSR count). The third-order valence-corrected chi connectivity index (χ3v) is 5.56. The van der Waals surface area contributed by atoms with Gasteiger partial charge in [-0.15, -0.1) is 0 Å². The van der Waals surface area contributed by atoms with Crippen molar-refractivity contribution in [2.45, 2.75) is 70.8 Å². The second-order valence-electron chi connectivity index (χ2n) is 6.33. The highest BCUT2D eigenvalue weighted by Crippen LogP contribution is 2.38. The van der Waals surface area contributed by atoms with Crippen molar-refractivity contribution < 1.29 is 4.74 Å². The zero-order valence-corrected chi connectivity index (χ0v) is 12.2. The minimum absolute atomic E-state index is 0.401. The average molecular weight is 256 g/mol. The van der Waals surface area contributed by atoms with Crippen LogP contribution in [0, 0.1) is 11.3 Å². The zero-order valence-electron chi connectivity index (χ0n) is 11.3. The van der Waals surface area contributed by atoms with E-state index in [9.17, 15) is 0 Å². The Hall–Kier alpha value is 0.310. The van der Waals surface area contributed by atoms with Crippen molar-refractivity contribution in [3.8, 4) is 0 Å². The molecule has 0 aliphatic heterocycles. The fraction of sp³-hybridized carbons (Fsp3) is 1.00. The molecule has 0 saturated heterocycles. The molecule has 2 saturated carbocycles. The van der Waals surface area contributed by atoms with Crippen molar-refractivity contribution in [2.75, 3.05) is 12.4 Å². The Morgan fingerprint density at radius 3 is 2.41 bits per heavy atom. The van der Waals surface area contributed by atoms with Gasteiger partial charge in [0.15, 0.2) is 0 Å². The lowest BCUT2D eigenvalue weighted by atomic mass is 9.76. The molecule has 0 aromatic carbocycles. The van der Waals surface area contributed by atoms with Crippen molar-refractivity contribution in [2.24, 2.45) is 11.3 Å². The summed E-state index contributed by atoms with van der Waals surface area (Å²) in [5.74, 6) is 1.78. The lowest BCUT2D eigenvalue weighted by Crippen LogP contribution is -2.36. The zero-order chi connectivity index (χ0) is 12.1. The summed E-state index contributed by atoms with van der Waals surface area (Å²) in [7, 11) is 0. The van der Waals surface area contributed by atoms with E-state index in [0.29, 0.717) is 11.5 Å². The number of thiol groups is 1. The normalized spacial score (nSPS) is 33.5. The Balaban J connectivity index is 1.82. The summed E-state index contributed by atoms with van der Waals surface area (Å²) in [5, 5.41) is 0. The molecular formula is C15H28OS. The number of ether oxygens (including phenoxy) is 1. The molecule has 0 N–H and O–H groups in total. The van der Waals surface area contributed by atoms with Crippen LogP contribution in [-0.2, 0) is 4.74 Å². The lowest BCUT2D eigenvalue weighted by molar-refractivity contribution is -0.0522. The van der Waals surface area contributed by atoms with Gasteiger partial charge in [-0.1, -0.05) is 39.0 Å². The summed E-state index contributed by atoms with van der Waals surface area (Å²) in [6.07, 6.45) is 12.8. The van der Waals surface area contributed by atoms with Crippen molar-refractivity contribution in [3.05, 3.63) is 0 Å². The molecule has 2 aliphatic rings. The largest absolute Gasteiger partial charge is 0.377 e. The van der Waals surface area contributed by atoms with Gasteiger partial charge in [0.1, 0.15) is 0 Å². The third-order valence-electron chi connectivity index (χ3n) is 4.89. The average Bonchev–Trinajstić information content (AvgIpc) is 2.39. The van der Waals surface area contributed by atoms with Gasteiger partial charge >= 0.3 is 0 Å². The van der Waals surface area contributed by atoms with E-state index in [1.165, 1.54) is 57.8 Å². The molecule has 100 valence electrons. The fourth-order valence-corrected chi connectivity index (χ4v) is 3.87. The van der Waals surface area contributed by atoms with E-state index in [2.05, 4.69) is 19.6 Å². The Morgan fingerprint density at radius 2 is 1.76 bits per heavy atom. The van der Waals surface area contributed by atoms with Gasteiger partial charge in [-0.2, -0.15) is 12.6 Å². The molecule has 0 bridgehead atoms. The smallest absolute Gasteiger partial charge is 0.0600 e. The first kappa shape index (κ1) is 13.7. The Kier molecular flexibility index (Phi) is 5.23. The third kappa shape index (κ3) is 3.64. The summed E-state index contributed by atoms with van der Waals surface area (Å²) in [4.78, 5) is 0. The van der Waals surface area contributed by atoms with Gasteiger partial charge in [-0.3, -0.25) is 0 Å². The number of hydrogen-bond acceptors (Lipinski definition) is 2. The summed E-state index contributed by atoms with van der Waals surface area (Å²) in [6.45, 7) is 3.32. The molecule has 2 fully saturated rings.